The zero-order valence-corrected chi connectivity index (χ0v) is 21.9. The normalized spacial score (nSPS) is 11.9. The zero-order chi connectivity index (χ0) is 27.2. The molecule has 0 bridgehead atoms. The molecule has 1 aromatic heterocycles. The van der Waals surface area contributed by atoms with E-state index in [-0.39, 0.29) is 37.9 Å². The van der Waals surface area contributed by atoms with Gasteiger partial charge in [-0.2, -0.15) is 0 Å². The summed E-state index contributed by atoms with van der Waals surface area (Å²) in [6.07, 6.45) is 1.53. The molecule has 4 aromatic rings. The van der Waals surface area contributed by atoms with E-state index in [9.17, 15) is 19.5 Å². The third-order valence-electron chi connectivity index (χ3n) is 6.59. The first-order valence-corrected chi connectivity index (χ1v) is 13.4. The number of benzene rings is 3. The molecule has 0 atom stereocenters. The van der Waals surface area contributed by atoms with Gasteiger partial charge in [0.25, 0.3) is 0 Å². The van der Waals surface area contributed by atoms with Crippen molar-refractivity contribution in [2.45, 2.75) is 25.3 Å². The lowest BCUT2D eigenvalue weighted by atomic mass is 9.98. The number of anilines is 1. The number of nitrogens with zero attached hydrogens (tertiary/aromatic N) is 2. The highest BCUT2D eigenvalue weighted by atomic mass is 32.1. The molecule has 0 spiro atoms. The Morgan fingerprint density at radius 3 is 2.23 bits per heavy atom. The molecule has 0 aliphatic heterocycles. The summed E-state index contributed by atoms with van der Waals surface area (Å²) >= 11 is 1.26. The number of carboxylic acids is 1. The molecule has 0 radical (unpaired) electrons. The molecule has 0 saturated heterocycles. The van der Waals surface area contributed by atoms with E-state index in [4.69, 9.17) is 4.74 Å². The minimum absolute atomic E-state index is 0.0364. The summed E-state index contributed by atoms with van der Waals surface area (Å²) < 4.78 is 5.58. The van der Waals surface area contributed by atoms with Gasteiger partial charge in [0.15, 0.2) is 5.13 Å². The highest BCUT2D eigenvalue weighted by Crippen LogP contribution is 2.44. The third kappa shape index (κ3) is 6.32. The topological polar surface area (TPSA) is 109 Å². The van der Waals surface area contributed by atoms with Crippen LogP contribution in [0.1, 0.15) is 33.9 Å². The van der Waals surface area contributed by atoms with Gasteiger partial charge >= 0.3 is 12.1 Å². The van der Waals surface area contributed by atoms with Gasteiger partial charge in [0.05, 0.1) is 0 Å². The summed E-state index contributed by atoms with van der Waals surface area (Å²) in [6, 6.07) is 25.5. The van der Waals surface area contributed by atoms with Gasteiger partial charge < -0.3 is 14.7 Å². The summed E-state index contributed by atoms with van der Waals surface area (Å²) in [7, 11) is 0. The van der Waals surface area contributed by atoms with E-state index in [2.05, 4.69) is 34.6 Å². The van der Waals surface area contributed by atoms with Gasteiger partial charge in [-0.25, -0.2) is 9.78 Å². The van der Waals surface area contributed by atoms with E-state index >= 15 is 0 Å². The number of rotatable bonds is 10. The second-order valence-electron chi connectivity index (χ2n) is 9.21. The number of amides is 2. The van der Waals surface area contributed by atoms with E-state index in [0.717, 1.165) is 32.7 Å². The second-order valence-corrected chi connectivity index (χ2v) is 10.3. The maximum Gasteiger partial charge on any atom is 0.413 e. The Morgan fingerprint density at radius 2 is 1.56 bits per heavy atom. The van der Waals surface area contributed by atoms with Gasteiger partial charge in [0.1, 0.15) is 13.2 Å². The maximum absolute atomic E-state index is 12.8. The van der Waals surface area contributed by atoms with Crippen molar-refractivity contribution >= 4 is 34.4 Å². The van der Waals surface area contributed by atoms with Gasteiger partial charge in [0.2, 0.25) is 5.91 Å². The molecule has 0 unspecified atom stereocenters. The quantitative estimate of drug-likeness (QED) is 0.273. The summed E-state index contributed by atoms with van der Waals surface area (Å²) in [5.74, 6) is -1.36. The Balaban J connectivity index is 1.14. The lowest BCUT2D eigenvalue weighted by Crippen LogP contribution is -2.35. The van der Waals surface area contributed by atoms with E-state index in [1.165, 1.54) is 16.2 Å². The molecular weight excluding hydrogens is 514 g/mol. The van der Waals surface area contributed by atoms with E-state index in [1.807, 2.05) is 54.6 Å². The Labute approximate surface area is 229 Å². The first kappa shape index (κ1) is 26.1. The molecular formula is C30H27N3O5S. The van der Waals surface area contributed by atoms with Crippen molar-refractivity contribution in [3.63, 3.8) is 0 Å². The van der Waals surface area contributed by atoms with Crippen LogP contribution in [0.15, 0.2) is 85.1 Å². The molecule has 8 nitrogen and oxygen atoms in total. The van der Waals surface area contributed by atoms with E-state index < -0.39 is 12.1 Å². The number of aryl methyl sites for hydroxylation is 1. The lowest BCUT2D eigenvalue weighted by Gasteiger charge is -2.20. The van der Waals surface area contributed by atoms with Crippen molar-refractivity contribution < 1.29 is 24.2 Å². The highest BCUT2D eigenvalue weighted by Gasteiger charge is 2.29. The highest BCUT2D eigenvalue weighted by molar-refractivity contribution is 7.15. The van der Waals surface area contributed by atoms with Gasteiger partial charge in [-0.1, -0.05) is 78.9 Å². The number of aromatic nitrogens is 1. The second kappa shape index (κ2) is 11.9. The number of carboxylic acid groups (broad SMARTS) is 1. The number of hydrogen-bond acceptors (Lipinski definition) is 6. The molecule has 0 fully saturated rings. The zero-order valence-electron chi connectivity index (χ0n) is 21.1. The Bertz CT molecular complexity index is 1440. The van der Waals surface area contributed by atoms with E-state index in [0.29, 0.717) is 11.6 Å². The Hall–Kier alpha value is -4.50. The summed E-state index contributed by atoms with van der Waals surface area (Å²) in [6.45, 7) is 0.0572. The molecule has 0 saturated carbocycles. The van der Waals surface area contributed by atoms with Crippen molar-refractivity contribution in [1.29, 1.82) is 0 Å². The van der Waals surface area contributed by atoms with Gasteiger partial charge in [0, 0.05) is 30.0 Å². The van der Waals surface area contributed by atoms with Crippen LogP contribution in [0.3, 0.4) is 0 Å². The average Bonchev–Trinajstić information content (AvgIpc) is 3.52. The third-order valence-corrected chi connectivity index (χ3v) is 7.56. The van der Waals surface area contributed by atoms with Crippen LogP contribution in [0.25, 0.3) is 11.1 Å². The molecule has 1 heterocycles. The smallest absolute Gasteiger partial charge is 0.413 e. The van der Waals surface area contributed by atoms with Crippen molar-refractivity contribution in [2.24, 2.45) is 0 Å². The molecule has 1 aliphatic carbocycles. The standard InChI is InChI=1S/C30H27N3O5S/c34-27(33(18-28(35)36)17-20-8-2-1-3-9-20)15-14-21-16-31-29(39-21)32-30(37)38-19-26-24-12-6-4-10-22(24)23-11-5-7-13-25(23)26/h1-13,16,26H,14-15,17-19H2,(H,35,36)(H,31,32,37). The van der Waals surface area contributed by atoms with Crippen molar-refractivity contribution in [2.75, 3.05) is 18.5 Å². The first-order chi connectivity index (χ1) is 19.0. The fraction of sp³-hybridized carbons (Fsp3) is 0.200. The van der Waals surface area contributed by atoms with Crippen molar-refractivity contribution in [3.8, 4) is 11.1 Å². The van der Waals surface area contributed by atoms with Crippen LogP contribution in [0.4, 0.5) is 9.93 Å². The van der Waals surface area contributed by atoms with Crippen LogP contribution in [-0.4, -0.2) is 46.1 Å². The molecule has 1 aliphatic rings. The molecule has 9 heteroatoms. The number of hydrogen-bond donors (Lipinski definition) is 2. The van der Waals surface area contributed by atoms with Crippen molar-refractivity contribution in [3.05, 3.63) is 107 Å². The Morgan fingerprint density at radius 1 is 0.923 bits per heavy atom. The molecule has 198 valence electrons. The molecule has 5 rings (SSSR count). The minimum atomic E-state index is -1.06. The number of carbonyl (C=O) groups is 3. The fourth-order valence-corrected chi connectivity index (χ4v) is 5.59. The summed E-state index contributed by atoms with van der Waals surface area (Å²) in [5, 5.41) is 12.3. The largest absolute Gasteiger partial charge is 0.480 e. The average molecular weight is 542 g/mol. The van der Waals surface area contributed by atoms with Gasteiger partial charge in [-0.05, 0) is 34.2 Å². The number of nitrogens with one attached hydrogen (secondary N) is 1. The fourth-order valence-electron chi connectivity index (χ4n) is 4.79. The van der Waals surface area contributed by atoms with Crippen LogP contribution in [-0.2, 0) is 27.3 Å². The number of thiazole rings is 1. The predicted octanol–water partition coefficient (Wildman–Crippen LogP) is 5.55. The van der Waals surface area contributed by atoms with Crippen LogP contribution in [0, 0.1) is 0 Å². The first-order valence-electron chi connectivity index (χ1n) is 12.6. The Kier molecular flexibility index (Phi) is 7.98. The number of ether oxygens (including phenoxy) is 1. The monoisotopic (exact) mass is 541 g/mol. The summed E-state index contributed by atoms with van der Waals surface area (Å²) in [4.78, 5) is 43.0. The SMILES string of the molecule is O=C(O)CN(Cc1ccccc1)C(=O)CCc1cnc(NC(=O)OCC2c3ccccc3-c3ccccc32)s1. The van der Waals surface area contributed by atoms with Crippen LogP contribution in [0.5, 0.6) is 0 Å². The number of aliphatic carboxylic acids is 1. The van der Waals surface area contributed by atoms with Gasteiger partial charge in [-0.15, -0.1) is 11.3 Å². The molecule has 2 N–H and O–H groups in total. The molecule has 3 aromatic carbocycles. The summed E-state index contributed by atoms with van der Waals surface area (Å²) in [5.41, 5.74) is 5.45. The van der Waals surface area contributed by atoms with Crippen molar-refractivity contribution in [1.82, 2.24) is 9.88 Å². The number of carbonyl (C=O) groups excluding carboxylic acids is 2. The van der Waals surface area contributed by atoms with Gasteiger partial charge in [-0.3, -0.25) is 14.9 Å². The molecule has 2 amide bonds. The van der Waals surface area contributed by atoms with E-state index in [1.54, 1.807) is 6.20 Å². The molecule has 39 heavy (non-hydrogen) atoms. The number of fused-ring (bicyclic) bond motifs is 3. The predicted molar refractivity (Wildman–Crippen MR) is 149 cm³/mol. The maximum atomic E-state index is 12.8. The minimum Gasteiger partial charge on any atom is -0.480 e. The van der Waals surface area contributed by atoms with Crippen LogP contribution >= 0.6 is 11.3 Å². The van der Waals surface area contributed by atoms with Crippen LogP contribution in [0.2, 0.25) is 0 Å². The lowest BCUT2D eigenvalue weighted by molar-refractivity contribution is -0.144. The van der Waals surface area contributed by atoms with Crippen LogP contribution < -0.4 is 5.32 Å².